The third-order valence-corrected chi connectivity index (χ3v) is 2.11. The van der Waals surface area contributed by atoms with Crippen molar-refractivity contribution >= 4 is 5.69 Å². The summed E-state index contributed by atoms with van der Waals surface area (Å²) in [6.07, 6.45) is 1.04. The first-order valence-electron chi connectivity index (χ1n) is 4.55. The van der Waals surface area contributed by atoms with Gasteiger partial charge in [-0.05, 0) is 24.5 Å². The van der Waals surface area contributed by atoms with Gasteiger partial charge >= 0.3 is 0 Å². The van der Waals surface area contributed by atoms with Gasteiger partial charge in [-0.1, -0.05) is 25.1 Å². The fourth-order valence-electron chi connectivity index (χ4n) is 1.42. The van der Waals surface area contributed by atoms with E-state index in [0.29, 0.717) is 6.67 Å². The summed E-state index contributed by atoms with van der Waals surface area (Å²) in [5.41, 5.74) is 6.37. The van der Waals surface area contributed by atoms with Crippen molar-refractivity contribution in [2.75, 3.05) is 12.0 Å². The Labute approximate surface area is 79.3 Å². The first kappa shape index (κ1) is 10.0. The lowest BCUT2D eigenvalue weighted by Crippen LogP contribution is -2.28. The molecule has 0 saturated carbocycles. The van der Waals surface area contributed by atoms with Gasteiger partial charge < -0.3 is 5.32 Å². The van der Waals surface area contributed by atoms with Crippen molar-refractivity contribution in [2.24, 2.45) is 5.84 Å². The lowest BCUT2D eigenvalue weighted by Gasteiger charge is -2.13. The Kier molecular flexibility index (Phi) is 3.73. The standard InChI is InChI=1S/C10H17N3/c1-3-9-6-4-5-8(2)10(9)12-7-13-11/h4-6,12-13H,3,7,11H2,1-2H3. The van der Waals surface area contributed by atoms with Crippen LogP contribution in [0.2, 0.25) is 0 Å². The minimum atomic E-state index is 0.595. The van der Waals surface area contributed by atoms with Gasteiger partial charge in [0.1, 0.15) is 0 Å². The maximum Gasteiger partial charge on any atom is 0.0781 e. The van der Waals surface area contributed by atoms with Gasteiger partial charge in [-0.3, -0.25) is 5.84 Å². The normalized spacial score (nSPS) is 10.1. The fraction of sp³-hybridized carbons (Fsp3) is 0.400. The third kappa shape index (κ3) is 2.44. The third-order valence-electron chi connectivity index (χ3n) is 2.11. The largest absolute Gasteiger partial charge is 0.371 e. The molecule has 4 N–H and O–H groups in total. The monoisotopic (exact) mass is 179 g/mol. The highest BCUT2D eigenvalue weighted by Gasteiger charge is 2.01. The molecule has 72 valence electrons. The van der Waals surface area contributed by atoms with Crippen LogP contribution in [0.5, 0.6) is 0 Å². The molecule has 3 heteroatoms. The number of hydrogen-bond donors (Lipinski definition) is 3. The number of hydrogen-bond acceptors (Lipinski definition) is 3. The maximum atomic E-state index is 5.21. The Balaban J connectivity index is 2.87. The molecule has 13 heavy (non-hydrogen) atoms. The summed E-state index contributed by atoms with van der Waals surface area (Å²) < 4.78 is 0. The van der Waals surface area contributed by atoms with E-state index in [1.165, 1.54) is 16.8 Å². The molecular weight excluding hydrogens is 162 g/mol. The predicted molar refractivity (Wildman–Crippen MR) is 56.4 cm³/mol. The highest BCUT2D eigenvalue weighted by Crippen LogP contribution is 2.20. The van der Waals surface area contributed by atoms with Gasteiger partial charge in [0.25, 0.3) is 0 Å². The van der Waals surface area contributed by atoms with E-state index in [1.807, 2.05) is 0 Å². The van der Waals surface area contributed by atoms with Gasteiger partial charge in [-0.25, -0.2) is 5.43 Å². The summed E-state index contributed by atoms with van der Waals surface area (Å²) in [5, 5.41) is 3.25. The van der Waals surface area contributed by atoms with Crippen molar-refractivity contribution in [1.82, 2.24) is 5.43 Å². The van der Waals surface area contributed by atoms with E-state index in [4.69, 9.17) is 5.84 Å². The zero-order valence-electron chi connectivity index (χ0n) is 8.22. The number of para-hydroxylation sites is 1. The van der Waals surface area contributed by atoms with Crippen molar-refractivity contribution in [3.8, 4) is 0 Å². The molecule has 0 aliphatic carbocycles. The summed E-state index contributed by atoms with van der Waals surface area (Å²) >= 11 is 0. The fourth-order valence-corrected chi connectivity index (χ4v) is 1.42. The van der Waals surface area contributed by atoms with Crippen LogP contribution in [-0.4, -0.2) is 6.67 Å². The molecule has 0 amide bonds. The molecule has 0 heterocycles. The molecule has 1 rings (SSSR count). The molecule has 0 aliphatic rings. The van der Waals surface area contributed by atoms with Crippen LogP contribution < -0.4 is 16.6 Å². The molecule has 3 nitrogen and oxygen atoms in total. The molecule has 0 spiro atoms. The molecule has 0 fully saturated rings. The Morgan fingerprint density at radius 3 is 2.77 bits per heavy atom. The number of nitrogens with one attached hydrogen (secondary N) is 2. The SMILES string of the molecule is CCc1cccc(C)c1NCNN. The summed E-state index contributed by atoms with van der Waals surface area (Å²) in [6.45, 7) is 4.84. The first-order valence-corrected chi connectivity index (χ1v) is 4.55. The maximum absolute atomic E-state index is 5.21. The zero-order chi connectivity index (χ0) is 9.68. The van der Waals surface area contributed by atoms with Crippen LogP contribution in [0.15, 0.2) is 18.2 Å². The van der Waals surface area contributed by atoms with Crippen molar-refractivity contribution in [2.45, 2.75) is 20.3 Å². The highest BCUT2D eigenvalue weighted by molar-refractivity contribution is 5.57. The zero-order valence-corrected chi connectivity index (χ0v) is 8.22. The van der Waals surface area contributed by atoms with Crippen LogP contribution >= 0.6 is 0 Å². The average Bonchev–Trinajstić information content (AvgIpc) is 2.15. The quantitative estimate of drug-likeness (QED) is 0.372. The topological polar surface area (TPSA) is 50.1 Å². The molecular formula is C10H17N3. The number of hydrazine groups is 1. The van der Waals surface area contributed by atoms with Crippen LogP contribution in [0.1, 0.15) is 18.1 Å². The van der Waals surface area contributed by atoms with Crippen molar-refractivity contribution in [1.29, 1.82) is 0 Å². The molecule has 0 bridgehead atoms. The van der Waals surface area contributed by atoms with Crippen LogP contribution in [0.25, 0.3) is 0 Å². The number of anilines is 1. The number of aryl methyl sites for hydroxylation is 2. The van der Waals surface area contributed by atoms with E-state index in [0.717, 1.165) is 6.42 Å². The molecule has 0 saturated heterocycles. The van der Waals surface area contributed by atoms with Gasteiger partial charge in [0.2, 0.25) is 0 Å². The van der Waals surface area contributed by atoms with Gasteiger partial charge in [0.05, 0.1) is 6.67 Å². The Hall–Kier alpha value is -1.06. The second-order valence-electron chi connectivity index (χ2n) is 3.02. The molecule has 1 aromatic rings. The Morgan fingerprint density at radius 1 is 1.38 bits per heavy atom. The minimum Gasteiger partial charge on any atom is -0.371 e. The molecule has 0 aromatic heterocycles. The number of nitrogens with two attached hydrogens (primary N) is 1. The summed E-state index contributed by atoms with van der Waals surface area (Å²) in [4.78, 5) is 0. The number of benzene rings is 1. The average molecular weight is 179 g/mol. The molecule has 0 unspecified atom stereocenters. The predicted octanol–water partition coefficient (Wildman–Crippen LogP) is 1.39. The summed E-state index contributed by atoms with van der Waals surface area (Å²) in [7, 11) is 0. The smallest absolute Gasteiger partial charge is 0.0781 e. The molecule has 1 aromatic carbocycles. The van der Waals surface area contributed by atoms with Gasteiger partial charge in [0, 0.05) is 5.69 Å². The van der Waals surface area contributed by atoms with Gasteiger partial charge in [-0.2, -0.15) is 0 Å². The lowest BCUT2D eigenvalue weighted by molar-refractivity contribution is 0.788. The van der Waals surface area contributed by atoms with Gasteiger partial charge in [-0.15, -0.1) is 0 Å². The van der Waals surface area contributed by atoms with E-state index in [2.05, 4.69) is 42.8 Å². The van der Waals surface area contributed by atoms with Crippen LogP contribution in [-0.2, 0) is 6.42 Å². The second-order valence-corrected chi connectivity index (χ2v) is 3.02. The van der Waals surface area contributed by atoms with E-state index in [-0.39, 0.29) is 0 Å². The highest BCUT2D eigenvalue weighted by atomic mass is 15.3. The molecule has 0 atom stereocenters. The second kappa shape index (κ2) is 4.84. The van der Waals surface area contributed by atoms with E-state index < -0.39 is 0 Å². The van der Waals surface area contributed by atoms with Crippen LogP contribution in [0.3, 0.4) is 0 Å². The van der Waals surface area contributed by atoms with Crippen molar-refractivity contribution < 1.29 is 0 Å². The molecule has 0 radical (unpaired) electrons. The Bertz CT molecular complexity index is 271. The minimum absolute atomic E-state index is 0.595. The van der Waals surface area contributed by atoms with Crippen LogP contribution in [0, 0.1) is 6.92 Å². The van der Waals surface area contributed by atoms with Crippen molar-refractivity contribution in [3.05, 3.63) is 29.3 Å². The van der Waals surface area contributed by atoms with E-state index in [9.17, 15) is 0 Å². The lowest BCUT2D eigenvalue weighted by atomic mass is 10.1. The summed E-state index contributed by atoms with van der Waals surface area (Å²) in [6, 6.07) is 6.30. The Morgan fingerprint density at radius 2 is 2.15 bits per heavy atom. The molecule has 0 aliphatic heterocycles. The number of rotatable bonds is 4. The first-order chi connectivity index (χ1) is 6.29. The van der Waals surface area contributed by atoms with E-state index in [1.54, 1.807) is 0 Å². The van der Waals surface area contributed by atoms with Gasteiger partial charge in [0.15, 0.2) is 0 Å². The van der Waals surface area contributed by atoms with Crippen molar-refractivity contribution in [3.63, 3.8) is 0 Å². The van der Waals surface area contributed by atoms with E-state index >= 15 is 0 Å². The van der Waals surface area contributed by atoms with Crippen LogP contribution in [0.4, 0.5) is 5.69 Å². The summed E-state index contributed by atoms with van der Waals surface area (Å²) in [5.74, 6) is 5.21.